The summed E-state index contributed by atoms with van der Waals surface area (Å²) in [5.41, 5.74) is 10.1. The van der Waals surface area contributed by atoms with Gasteiger partial charge in [0, 0.05) is 18.5 Å². The van der Waals surface area contributed by atoms with Gasteiger partial charge >= 0.3 is 0 Å². The van der Waals surface area contributed by atoms with Gasteiger partial charge < -0.3 is 10.5 Å². The summed E-state index contributed by atoms with van der Waals surface area (Å²) in [5, 5.41) is 6.94. The predicted octanol–water partition coefficient (Wildman–Crippen LogP) is 1.47. The highest BCUT2D eigenvalue weighted by atomic mass is 16.5. The van der Waals surface area contributed by atoms with E-state index in [1.54, 1.807) is 0 Å². The number of benzene rings is 1. The summed E-state index contributed by atoms with van der Waals surface area (Å²) < 4.78 is 5.48. The Bertz CT molecular complexity index is 519. The summed E-state index contributed by atoms with van der Waals surface area (Å²) in [4.78, 5) is 0. The van der Waals surface area contributed by atoms with Crippen LogP contribution in [0.4, 0.5) is 0 Å². The topological polar surface area (TPSA) is 63.9 Å². The van der Waals surface area contributed by atoms with Crippen LogP contribution in [0.3, 0.4) is 0 Å². The minimum absolute atomic E-state index is 0.475. The van der Waals surface area contributed by atoms with Crippen LogP contribution in [0.1, 0.15) is 11.3 Å². The normalized spacial score (nSPS) is 13.6. The molecule has 16 heavy (non-hydrogen) atoms. The number of aromatic nitrogens is 2. The summed E-state index contributed by atoms with van der Waals surface area (Å²) >= 11 is 0. The van der Waals surface area contributed by atoms with E-state index >= 15 is 0 Å². The van der Waals surface area contributed by atoms with Gasteiger partial charge in [-0.2, -0.15) is 5.10 Å². The molecule has 3 N–H and O–H groups in total. The summed E-state index contributed by atoms with van der Waals surface area (Å²) in [5.74, 6) is 1.00. The fourth-order valence-corrected chi connectivity index (χ4v) is 2.07. The Morgan fingerprint density at radius 2 is 2.38 bits per heavy atom. The fraction of sp³-hybridized carbons (Fsp3) is 0.250. The molecule has 0 radical (unpaired) electrons. The molecule has 0 saturated heterocycles. The van der Waals surface area contributed by atoms with E-state index in [2.05, 4.69) is 16.3 Å². The van der Waals surface area contributed by atoms with Crippen molar-refractivity contribution in [3.63, 3.8) is 0 Å². The zero-order chi connectivity index (χ0) is 11.0. The highest BCUT2D eigenvalue weighted by molar-refractivity contribution is 5.67. The SMILES string of the molecule is NCc1[nH]ncc1-c1ccc2c(c1)CCO2. The number of nitrogens with two attached hydrogens (primary N) is 1. The number of ether oxygens (including phenoxy) is 1. The molecule has 4 nitrogen and oxygen atoms in total. The first-order valence-electron chi connectivity index (χ1n) is 5.37. The summed E-state index contributed by atoms with van der Waals surface area (Å²) in [7, 11) is 0. The average molecular weight is 215 g/mol. The van der Waals surface area contributed by atoms with Crippen molar-refractivity contribution in [1.29, 1.82) is 0 Å². The van der Waals surface area contributed by atoms with Gasteiger partial charge in [0.25, 0.3) is 0 Å². The van der Waals surface area contributed by atoms with E-state index in [0.29, 0.717) is 6.54 Å². The van der Waals surface area contributed by atoms with Gasteiger partial charge in [0.2, 0.25) is 0 Å². The van der Waals surface area contributed by atoms with Crippen LogP contribution in [0.25, 0.3) is 11.1 Å². The maximum atomic E-state index is 5.65. The lowest BCUT2D eigenvalue weighted by atomic mass is 10.0. The van der Waals surface area contributed by atoms with Gasteiger partial charge in [0.15, 0.2) is 0 Å². The molecule has 1 aromatic heterocycles. The van der Waals surface area contributed by atoms with Gasteiger partial charge in [-0.15, -0.1) is 0 Å². The van der Waals surface area contributed by atoms with E-state index in [4.69, 9.17) is 10.5 Å². The number of fused-ring (bicyclic) bond motifs is 1. The second kappa shape index (κ2) is 3.64. The third-order valence-corrected chi connectivity index (χ3v) is 2.92. The summed E-state index contributed by atoms with van der Waals surface area (Å²) in [6.45, 7) is 1.26. The first-order valence-corrected chi connectivity index (χ1v) is 5.37. The minimum atomic E-state index is 0.475. The molecule has 1 aliphatic rings. The molecule has 0 atom stereocenters. The van der Waals surface area contributed by atoms with Crippen LogP contribution < -0.4 is 10.5 Å². The zero-order valence-electron chi connectivity index (χ0n) is 8.86. The molecule has 0 spiro atoms. The van der Waals surface area contributed by atoms with Crippen molar-refractivity contribution < 1.29 is 4.74 Å². The minimum Gasteiger partial charge on any atom is -0.493 e. The molecule has 4 heteroatoms. The first-order chi connectivity index (χ1) is 7.88. The molecule has 1 aliphatic heterocycles. The molecule has 0 fully saturated rings. The van der Waals surface area contributed by atoms with Crippen molar-refractivity contribution in [3.05, 3.63) is 35.7 Å². The van der Waals surface area contributed by atoms with Crippen LogP contribution in [0.5, 0.6) is 5.75 Å². The maximum Gasteiger partial charge on any atom is 0.122 e. The molecular weight excluding hydrogens is 202 g/mol. The van der Waals surface area contributed by atoms with E-state index in [1.807, 2.05) is 18.3 Å². The van der Waals surface area contributed by atoms with E-state index in [-0.39, 0.29) is 0 Å². The Morgan fingerprint density at radius 3 is 3.25 bits per heavy atom. The molecule has 0 unspecified atom stereocenters. The third-order valence-electron chi connectivity index (χ3n) is 2.92. The maximum absolute atomic E-state index is 5.65. The largest absolute Gasteiger partial charge is 0.493 e. The Labute approximate surface area is 93.4 Å². The van der Waals surface area contributed by atoms with Gasteiger partial charge in [-0.25, -0.2) is 0 Å². The van der Waals surface area contributed by atoms with Crippen LogP contribution in [0, 0.1) is 0 Å². The first kappa shape index (κ1) is 9.42. The Hall–Kier alpha value is -1.81. The van der Waals surface area contributed by atoms with E-state index in [0.717, 1.165) is 35.6 Å². The highest BCUT2D eigenvalue weighted by Gasteiger charge is 2.14. The Balaban J connectivity index is 2.07. The van der Waals surface area contributed by atoms with Gasteiger partial charge in [-0.1, -0.05) is 6.07 Å². The number of nitrogens with zero attached hydrogens (tertiary/aromatic N) is 1. The van der Waals surface area contributed by atoms with Crippen LogP contribution in [-0.4, -0.2) is 16.8 Å². The van der Waals surface area contributed by atoms with E-state index in [9.17, 15) is 0 Å². The molecule has 3 rings (SSSR count). The van der Waals surface area contributed by atoms with E-state index in [1.165, 1.54) is 5.56 Å². The third kappa shape index (κ3) is 1.39. The molecular formula is C12H13N3O. The average Bonchev–Trinajstić information content (AvgIpc) is 2.96. The Kier molecular flexibility index (Phi) is 2.15. The van der Waals surface area contributed by atoms with Crippen molar-refractivity contribution in [2.24, 2.45) is 5.73 Å². The molecule has 0 amide bonds. The van der Waals surface area contributed by atoms with Crippen LogP contribution in [-0.2, 0) is 13.0 Å². The van der Waals surface area contributed by atoms with Crippen LogP contribution in [0.15, 0.2) is 24.4 Å². The molecule has 1 aromatic carbocycles. The number of aromatic amines is 1. The van der Waals surface area contributed by atoms with Gasteiger partial charge in [0.05, 0.1) is 18.5 Å². The lowest BCUT2D eigenvalue weighted by molar-refractivity contribution is 0.357. The second-order valence-corrected chi connectivity index (χ2v) is 3.89. The second-order valence-electron chi connectivity index (χ2n) is 3.89. The van der Waals surface area contributed by atoms with Crippen LogP contribution in [0.2, 0.25) is 0 Å². The van der Waals surface area contributed by atoms with Gasteiger partial charge in [-0.05, 0) is 23.3 Å². The molecule has 2 aromatic rings. The molecule has 2 heterocycles. The Morgan fingerprint density at radius 1 is 1.44 bits per heavy atom. The van der Waals surface area contributed by atoms with Crippen LogP contribution >= 0.6 is 0 Å². The molecule has 0 saturated carbocycles. The smallest absolute Gasteiger partial charge is 0.122 e. The summed E-state index contributed by atoms with van der Waals surface area (Å²) in [6.07, 6.45) is 2.80. The fourth-order valence-electron chi connectivity index (χ4n) is 2.07. The lowest BCUT2D eigenvalue weighted by Gasteiger charge is -2.03. The lowest BCUT2D eigenvalue weighted by Crippen LogP contribution is -1.98. The zero-order valence-corrected chi connectivity index (χ0v) is 8.86. The monoisotopic (exact) mass is 215 g/mol. The van der Waals surface area contributed by atoms with Crippen molar-refractivity contribution in [2.45, 2.75) is 13.0 Å². The molecule has 0 aliphatic carbocycles. The van der Waals surface area contributed by atoms with Crippen molar-refractivity contribution in [1.82, 2.24) is 10.2 Å². The molecule has 82 valence electrons. The number of hydrogen-bond acceptors (Lipinski definition) is 3. The predicted molar refractivity (Wildman–Crippen MR) is 61.1 cm³/mol. The van der Waals surface area contributed by atoms with Crippen molar-refractivity contribution in [2.75, 3.05) is 6.61 Å². The highest BCUT2D eigenvalue weighted by Crippen LogP contribution is 2.31. The van der Waals surface area contributed by atoms with E-state index < -0.39 is 0 Å². The number of hydrogen-bond donors (Lipinski definition) is 2. The van der Waals surface area contributed by atoms with Gasteiger partial charge in [0.1, 0.15) is 5.75 Å². The number of nitrogens with one attached hydrogen (secondary N) is 1. The molecule has 0 bridgehead atoms. The quantitative estimate of drug-likeness (QED) is 0.797. The number of H-pyrrole nitrogens is 1. The number of rotatable bonds is 2. The van der Waals surface area contributed by atoms with Crippen molar-refractivity contribution >= 4 is 0 Å². The van der Waals surface area contributed by atoms with Gasteiger partial charge in [-0.3, -0.25) is 5.10 Å². The standard InChI is InChI=1S/C12H13N3O/c13-6-11-10(7-14-15-11)8-1-2-12-9(5-8)3-4-16-12/h1-2,5,7H,3-4,6,13H2,(H,14,15). The van der Waals surface area contributed by atoms with Crippen molar-refractivity contribution in [3.8, 4) is 16.9 Å². The summed E-state index contributed by atoms with van der Waals surface area (Å²) in [6, 6.07) is 6.23.